The van der Waals surface area contributed by atoms with Crippen LogP contribution in [0.4, 0.5) is 0 Å². The number of esters is 2. The van der Waals surface area contributed by atoms with Gasteiger partial charge in [0.05, 0.1) is 11.5 Å². The van der Waals surface area contributed by atoms with Crippen LogP contribution in [-0.2, 0) is 23.9 Å². The minimum absolute atomic E-state index is 0.356. The second-order valence-corrected chi connectivity index (χ2v) is 10.5. The van der Waals surface area contributed by atoms with Crippen LogP contribution in [0.25, 0.3) is 0 Å². The monoisotopic (exact) mass is 438 g/mol. The van der Waals surface area contributed by atoms with E-state index in [0.29, 0.717) is 10.6 Å². The van der Waals surface area contributed by atoms with E-state index in [9.17, 15) is 19.5 Å². The van der Waals surface area contributed by atoms with Crippen LogP contribution < -0.4 is 0 Å². The minimum Gasteiger partial charge on any atom is -0.460 e. The van der Waals surface area contributed by atoms with Crippen LogP contribution in [0.3, 0.4) is 0 Å². The van der Waals surface area contributed by atoms with Crippen molar-refractivity contribution >= 4 is 29.3 Å². The Morgan fingerprint density at radius 1 is 1.00 bits per heavy atom. The Kier molecular flexibility index (Phi) is 6.74. The third kappa shape index (κ3) is 5.82. The van der Waals surface area contributed by atoms with Crippen molar-refractivity contribution in [1.29, 1.82) is 0 Å². The summed E-state index contributed by atoms with van der Waals surface area (Å²) in [6.07, 6.45) is -0.356. The molecule has 30 heavy (non-hydrogen) atoms. The van der Waals surface area contributed by atoms with Gasteiger partial charge in [-0.15, -0.1) is 0 Å². The number of aliphatic hydroxyl groups is 1. The third-order valence-electron chi connectivity index (χ3n) is 4.84. The van der Waals surface area contributed by atoms with Crippen LogP contribution in [0.1, 0.15) is 66.4 Å². The first-order valence-corrected chi connectivity index (χ1v) is 10.4. The standard InChI is InChI=1S/C23H31ClO6/c1-21(2,3)29-19(26)17-15(25)12-23(7,28)18(20(27)30-22(4,5)6)16(17)13-8-10-14(24)11-9-13/h8-11,16-18,28H,12H2,1-7H3/t16-,17+,18+,23-/m1/s1. The van der Waals surface area contributed by atoms with Gasteiger partial charge in [0.1, 0.15) is 17.1 Å². The van der Waals surface area contributed by atoms with E-state index in [1.54, 1.807) is 65.8 Å². The number of carbonyl (C=O) groups excluding carboxylic acids is 3. The molecule has 1 aliphatic carbocycles. The number of hydrogen-bond donors (Lipinski definition) is 1. The van der Waals surface area contributed by atoms with Crippen molar-refractivity contribution in [1.82, 2.24) is 0 Å². The van der Waals surface area contributed by atoms with E-state index in [1.165, 1.54) is 6.92 Å². The first-order valence-electron chi connectivity index (χ1n) is 9.98. The van der Waals surface area contributed by atoms with Crippen molar-refractivity contribution in [2.45, 2.75) is 77.6 Å². The first kappa shape index (κ1) is 24.4. The molecule has 0 amide bonds. The van der Waals surface area contributed by atoms with E-state index in [1.807, 2.05) is 0 Å². The molecule has 166 valence electrons. The van der Waals surface area contributed by atoms with Crippen LogP contribution in [0.15, 0.2) is 24.3 Å². The molecule has 0 bridgehead atoms. The topological polar surface area (TPSA) is 89.9 Å². The van der Waals surface area contributed by atoms with Gasteiger partial charge in [0.2, 0.25) is 0 Å². The lowest BCUT2D eigenvalue weighted by molar-refractivity contribution is -0.182. The van der Waals surface area contributed by atoms with Gasteiger partial charge in [-0.3, -0.25) is 14.4 Å². The van der Waals surface area contributed by atoms with E-state index in [4.69, 9.17) is 21.1 Å². The summed E-state index contributed by atoms with van der Waals surface area (Å²) in [4.78, 5) is 39.2. The molecule has 1 N–H and O–H groups in total. The molecule has 0 saturated heterocycles. The molecule has 0 aromatic heterocycles. The van der Waals surface area contributed by atoms with Crippen molar-refractivity contribution in [3.05, 3.63) is 34.9 Å². The summed E-state index contributed by atoms with van der Waals surface area (Å²) in [7, 11) is 0. The number of halogens is 1. The summed E-state index contributed by atoms with van der Waals surface area (Å²) in [6, 6.07) is 6.53. The highest BCUT2D eigenvalue weighted by Crippen LogP contribution is 2.47. The molecule has 1 aromatic rings. The maximum absolute atomic E-state index is 13.2. The number of ether oxygens (including phenoxy) is 2. The molecule has 7 heteroatoms. The van der Waals surface area contributed by atoms with E-state index < -0.39 is 52.3 Å². The molecule has 1 aromatic carbocycles. The van der Waals surface area contributed by atoms with Crippen LogP contribution in [0.2, 0.25) is 5.02 Å². The van der Waals surface area contributed by atoms with Gasteiger partial charge in [0.25, 0.3) is 0 Å². The van der Waals surface area contributed by atoms with Gasteiger partial charge in [-0.05, 0) is 66.2 Å². The lowest BCUT2D eigenvalue weighted by Crippen LogP contribution is -2.56. The van der Waals surface area contributed by atoms with E-state index >= 15 is 0 Å². The number of rotatable bonds is 3. The Balaban J connectivity index is 2.62. The molecule has 0 heterocycles. The van der Waals surface area contributed by atoms with Gasteiger partial charge < -0.3 is 14.6 Å². The first-order chi connectivity index (χ1) is 13.5. The third-order valence-corrected chi connectivity index (χ3v) is 5.10. The second kappa shape index (κ2) is 8.31. The molecule has 1 fully saturated rings. The molecule has 0 aliphatic heterocycles. The lowest BCUT2D eigenvalue weighted by Gasteiger charge is -2.44. The summed E-state index contributed by atoms with van der Waals surface area (Å²) in [5.74, 6) is -5.22. The molecule has 0 spiro atoms. The highest BCUT2D eigenvalue weighted by Gasteiger charge is 2.57. The van der Waals surface area contributed by atoms with Crippen LogP contribution in [-0.4, -0.2) is 39.6 Å². The van der Waals surface area contributed by atoms with E-state index in [2.05, 4.69) is 0 Å². The van der Waals surface area contributed by atoms with Gasteiger partial charge in [-0.2, -0.15) is 0 Å². The smallest absolute Gasteiger partial charge is 0.317 e. The van der Waals surface area contributed by atoms with Gasteiger partial charge in [-0.25, -0.2) is 0 Å². The van der Waals surface area contributed by atoms with E-state index in [0.717, 1.165) is 0 Å². The number of carbonyl (C=O) groups is 3. The molecular formula is C23H31ClO6. The van der Waals surface area contributed by atoms with Crippen LogP contribution >= 0.6 is 11.6 Å². The van der Waals surface area contributed by atoms with Gasteiger partial charge in [0.15, 0.2) is 5.78 Å². The van der Waals surface area contributed by atoms with Gasteiger partial charge >= 0.3 is 11.9 Å². The van der Waals surface area contributed by atoms with Crippen molar-refractivity contribution in [3.8, 4) is 0 Å². The normalized spacial score (nSPS) is 27.5. The predicted molar refractivity (Wildman–Crippen MR) is 113 cm³/mol. The summed E-state index contributed by atoms with van der Waals surface area (Å²) >= 11 is 6.01. The molecular weight excluding hydrogens is 408 g/mol. The van der Waals surface area contributed by atoms with Crippen molar-refractivity contribution in [2.24, 2.45) is 11.8 Å². The van der Waals surface area contributed by atoms with Gasteiger partial charge in [0, 0.05) is 17.4 Å². The molecule has 2 rings (SSSR count). The largest absolute Gasteiger partial charge is 0.460 e. The molecule has 1 aliphatic rings. The molecule has 0 unspecified atom stereocenters. The molecule has 4 atom stereocenters. The van der Waals surface area contributed by atoms with E-state index in [-0.39, 0.29) is 6.42 Å². The summed E-state index contributed by atoms with van der Waals surface area (Å²) in [5, 5.41) is 11.6. The zero-order valence-electron chi connectivity index (χ0n) is 18.6. The minimum atomic E-state index is -1.69. The van der Waals surface area contributed by atoms with Crippen molar-refractivity contribution in [2.75, 3.05) is 0 Å². The zero-order chi connectivity index (χ0) is 23.1. The quantitative estimate of drug-likeness (QED) is 0.565. The Bertz CT molecular complexity index is 814. The van der Waals surface area contributed by atoms with Crippen LogP contribution in [0, 0.1) is 11.8 Å². The Hall–Kier alpha value is -1.92. The maximum Gasteiger partial charge on any atom is 0.317 e. The highest BCUT2D eigenvalue weighted by molar-refractivity contribution is 6.30. The van der Waals surface area contributed by atoms with Crippen molar-refractivity contribution < 1.29 is 29.0 Å². The summed E-state index contributed by atoms with van der Waals surface area (Å²) < 4.78 is 11.1. The fourth-order valence-electron chi connectivity index (χ4n) is 3.83. The number of ketones is 1. The number of benzene rings is 1. The zero-order valence-corrected chi connectivity index (χ0v) is 19.4. The SMILES string of the molecule is CC(C)(C)OC(=O)[C@H]1C(=O)C[C@@](C)(O)[C@H](C(=O)OC(C)(C)C)[C@@H]1c1ccc(Cl)cc1. The fourth-order valence-corrected chi connectivity index (χ4v) is 3.96. The lowest BCUT2D eigenvalue weighted by atomic mass is 9.61. The summed E-state index contributed by atoms with van der Waals surface area (Å²) in [6.45, 7) is 11.7. The average Bonchev–Trinajstić information content (AvgIpc) is 2.50. The number of Topliss-reactive ketones (excluding diaryl/α,β-unsaturated/α-hetero) is 1. The Labute approximate surface area is 182 Å². The predicted octanol–water partition coefficient (Wildman–Crippen LogP) is 4.06. The maximum atomic E-state index is 13.2. The Morgan fingerprint density at radius 2 is 1.47 bits per heavy atom. The Morgan fingerprint density at radius 3 is 1.93 bits per heavy atom. The fraction of sp³-hybridized carbons (Fsp3) is 0.609. The van der Waals surface area contributed by atoms with Gasteiger partial charge in [-0.1, -0.05) is 23.7 Å². The van der Waals surface area contributed by atoms with Crippen LogP contribution in [0.5, 0.6) is 0 Å². The highest BCUT2D eigenvalue weighted by atomic mass is 35.5. The summed E-state index contributed by atoms with van der Waals surface area (Å²) in [5.41, 5.74) is -2.79. The van der Waals surface area contributed by atoms with Crippen molar-refractivity contribution in [3.63, 3.8) is 0 Å². The molecule has 0 radical (unpaired) electrons. The second-order valence-electron chi connectivity index (χ2n) is 10.1. The molecule has 6 nitrogen and oxygen atoms in total. The average molecular weight is 439 g/mol. The number of hydrogen-bond acceptors (Lipinski definition) is 6. The molecule has 1 saturated carbocycles.